The summed E-state index contributed by atoms with van der Waals surface area (Å²) in [5.41, 5.74) is 5.68. The second kappa shape index (κ2) is 43.1. The van der Waals surface area contributed by atoms with E-state index in [9.17, 15) is 38.4 Å². The molecule has 138 heavy (non-hydrogen) atoms. The number of carbonyl (C=O) groups is 8. The highest BCUT2D eigenvalue weighted by Gasteiger charge is 2.72. The number of ether oxygens (including phenoxy) is 8. The fourth-order valence-corrected chi connectivity index (χ4v) is 29.4. The lowest BCUT2D eigenvalue weighted by molar-refractivity contribution is -0.266. The summed E-state index contributed by atoms with van der Waals surface area (Å²) in [6.45, 7) is 16.6. The predicted octanol–water partition coefficient (Wildman–Crippen LogP) is 17.9. The first-order chi connectivity index (χ1) is 66.5. The fraction of sp³-hybridized carbons (Fsp3) is 0.559. The first-order valence-electron chi connectivity index (χ1n) is 50.7. The average Bonchev–Trinajstić information content (AvgIpc) is 1.52. The van der Waals surface area contributed by atoms with Gasteiger partial charge in [-0.05, 0) is 230 Å². The van der Waals surface area contributed by atoms with E-state index >= 15 is 0 Å². The van der Waals surface area contributed by atoms with Crippen LogP contribution in [0.5, 0.6) is 0 Å². The molecule has 8 amide bonds. The largest absolute Gasteiger partial charge is 0.370 e. The molecule has 0 N–H and O–H groups in total. The molecule has 18 fully saturated rings. The lowest BCUT2D eigenvalue weighted by Crippen LogP contribution is -2.59. The Bertz CT molecular complexity index is 4920. The average molecular weight is 1870 g/mol. The minimum Gasteiger partial charge on any atom is -0.370 e. The monoisotopic (exact) mass is 1870 g/mol. The normalized spacial score (nSPS) is 37.9. The van der Waals surface area contributed by atoms with Gasteiger partial charge in [-0.1, -0.05) is 222 Å². The maximum atomic E-state index is 13.0. The summed E-state index contributed by atoms with van der Waals surface area (Å²) in [7, 11) is 6.44. The van der Waals surface area contributed by atoms with Crippen LogP contribution in [0.2, 0.25) is 0 Å². The molecule has 730 valence electrons. The Morgan fingerprint density at radius 3 is 0.630 bits per heavy atom. The third-order valence-electron chi connectivity index (χ3n) is 34.7. The third-order valence-corrected chi connectivity index (χ3v) is 34.7. The molecule has 1 spiro atoms. The molecule has 0 radical (unpaired) electrons. The Morgan fingerprint density at radius 2 is 0.420 bits per heavy atom. The van der Waals surface area contributed by atoms with E-state index in [1.54, 1.807) is 55.9 Å². The van der Waals surface area contributed by atoms with Crippen molar-refractivity contribution < 1.29 is 76.3 Å². The van der Waals surface area contributed by atoms with Gasteiger partial charge in [-0.3, -0.25) is 58.0 Å². The van der Waals surface area contributed by atoms with Gasteiger partial charge in [-0.15, -0.1) is 49.4 Å². The molecule has 8 heterocycles. The summed E-state index contributed by atoms with van der Waals surface area (Å²) >= 11 is 0. The van der Waals surface area contributed by atoms with Crippen molar-refractivity contribution in [3.63, 3.8) is 0 Å². The zero-order valence-electron chi connectivity index (χ0n) is 82.6. The van der Waals surface area contributed by atoms with Crippen molar-refractivity contribution in [2.75, 3.05) is 28.2 Å². The number of amides is 8. The Morgan fingerprint density at radius 1 is 0.246 bits per heavy atom. The van der Waals surface area contributed by atoms with E-state index in [1.165, 1.54) is 54.7 Å². The van der Waals surface area contributed by atoms with E-state index in [0.717, 1.165) is 64.2 Å². The number of likely N-dealkylation sites (tertiary alicyclic amines) is 4. The summed E-state index contributed by atoms with van der Waals surface area (Å²) < 4.78 is 55.5. The second-order valence-corrected chi connectivity index (χ2v) is 43.1. The number of nitrogens with zero attached hydrogens (tertiary/aromatic N) is 4. The number of fused-ring (bicyclic) bond motifs is 19. The number of hydrogen-bond acceptors (Lipinski definition) is 16. The van der Waals surface area contributed by atoms with Crippen LogP contribution in [0.15, 0.2) is 194 Å². The Balaban J connectivity index is 0.000000147. The van der Waals surface area contributed by atoms with Crippen LogP contribution in [-0.2, 0) is 81.7 Å². The SMILES string of the molecule is C#CC.C#CC.C#CC.C#CC.CN1C(=O)C2CC3OC4CC5C(CC4OC3CC2C1=O)C1(CC5(C)C)CC(C)(C)C2CC3OC4CC5C(=O)N(C)C(=O)C5CC4OC3CC21.CN1C(=O)C2CC3OC4CCC(C5(C6CCC7OC8CC9C(=O)N(C)C(=O)C9CC8OC7C6)c6ccccc6-c6ccccc65)CC4OC3CC2C1=O.c1ccccc1.c1ccccc1.c1ccccc1.c1ccccc1. The first-order valence-corrected chi connectivity index (χ1v) is 50.7. The van der Waals surface area contributed by atoms with Crippen LogP contribution in [0.3, 0.4) is 0 Å². The third kappa shape index (κ3) is 19.4. The van der Waals surface area contributed by atoms with E-state index in [-0.39, 0.29) is 226 Å². The van der Waals surface area contributed by atoms with Gasteiger partial charge in [0.1, 0.15) is 0 Å². The van der Waals surface area contributed by atoms with E-state index < -0.39 is 0 Å². The van der Waals surface area contributed by atoms with Crippen molar-refractivity contribution in [3.8, 4) is 60.5 Å². The molecule has 25 rings (SSSR count). The van der Waals surface area contributed by atoms with Crippen LogP contribution in [0, 0.1) is 148 Å². The van der Waals surface area contributed by atoms with Crippen LogP contribution >= 0.6 is 0 Å². The van der Waals surface area contributed by atoms with Gasteiger partial charge in [0, 0.05) is 33.6 Å². The molecule has 6 aromatic rings. The highest BCUT2D eigenvalue weighted by Crippen LogP contribution is 2.76. The number of imide groups is 4. The molecule has 0 bridgehead atoms. The molecule has 8 saturated heterocycles. The Hall–Kier alpha value is -10.2. The Labute approximate surface area is 818 Å². The highest BCUT2D eigenvalue weighted by molar-refractivity contribution is 6.07. The maximum absolute atomic E-state index is 13.0. The van der Waals surface area contributed by atoms with Crippen LogP contribution < -0.4 is 0 Å². The van der Waals surface area contributed by atoms with Gasteiger partial charge < -0.3 is 37.9 Å². The lowest BCUT2D eigenvalue weighted by atomic mass is 9.53. The van der Waals surface area contributed by atoms with Crippen molar-refractivity contribution in [2.45, 2.75) is 287 Å². The van der Waals surface area contributed by atoms with Crippen molar-refractivity contribution in [1.29, 1.82) is 0 Å². The molecule has 30 unspecified atom stereocenters. The molecule has 8 aliphatic heterocycles. The molecular weight excluding hydrogens is 1730 g/mol. The zero-order valence-corrected chi connectivity index (χ0v) is 82.6. The molecular formula is C118H142N4O16. The maximum Gasteiger partial charge on any atom is 0.232 e. The summed E-state index contributed by atoms with van der Waals surface area (Å²) in [6.07, 6.45) is 33.4. The molecule has 11 aliphatic carbocycles. The van der Waals surface area contributed by atoms with Crippen LogP contribution in [0.1, 0.15) is 195 Å². The zero-order chi connectivity index (χ0) is 97.8. The fourth-order valence-electron chi connectivity index (χ4n) is 29.4. The summed E-state index contributed by atoms with van der Waals surface area (Å²) in [5, 5.41) is 0. The predicted molar refractivity (Wildman–Crippen MR) is 528 cm³/mol. The molecule has 20 heteroatoms. The summed E-state index contributed by atoms with van der Waals surface area (Å²) in [6, 6.07) is 66.0. The number of carbonyl (C=O) groups excluding carboxylic acids is 8. The highest BCUT2D eigenvalue weighted by atomic mass is 16.6. The molecule has 10 saturated carbocycles. The van der Waals surface area contributed by atoms with Crippen LogP contribution in [-0.4, -0.2) is 193 Å². The molecule has 30 atom stereocenters. The minimum atomic E-state index is -0.316. The number of terminal acetylenes is 4. The van der Waals surface area contributed by atoms with E-state index in [4.69, 9.17) is 37.9 Å². The van der Waals surface area contributed by atoms with Gasteiger partial charge >= 0.3 is 0 Å². The van der Waals surface area contributed by atoms with E-state index in [0.29, 0.717) is 75.0 Å². The van der Waals surface area contributed by atoms with Crippen molar-refractivity contribution in [3.05, 3.63) is 205 Å². The van der Waals surface area contributed by atoms with Gasteiger partial charge in [0.15, 0.2) is 0 Å². The topological polar surface area (TPSA) is 223 Å². The lowest BCUT2D eigenvalue weighted by Gasteiger charge is -2.56. The molecule has 19 aliphatic rings. The summed E-state index contributed by atoms with van der Waals surface area (Å²) in [5.74, 6) is 8.83. The molecule has 20 nitrogen and oxygen atoms in total. The quantitative estimate of drug-likeness (QED) is 0.116. The van der Waals surface area contributed by atoms with Gasteiger partial charge in [0.2, 0.25) is 47.3 Å². The smallest absolute Gasteiger partial charge is 0.232 e. The number of benzene rings is 6. The van der Waals surface area contributed by atoms with Gasteiger partial charge in [-0.25, -0.2) is 0 Å². The van der Waals surface area contributed by atoms with Gasteiger partial charge in [0.05, 0.1) is 145 Å². The summed E-state index contributed by atoms with van der Waals surface area (Å²) in [4.78, 5) is 109. The van der Waals surface area contributed by atoms with Crippen molar-refractivity contribution in [1.82, 2.24) is 19.6 Å². The van der Waals surface area contributed by atoms with E-state index in [1.807, 2.05) is 146 Å². The second-order valence-electron chi connectivity index (χ2n) is 43.1. The van der Waals surface area contributed by atoms with Gasteiger partial charge in [-0.2, -0.15) is 0 Å². The standard InChI is InChI=1S/C43H48N2O8.C39H54N2O8.4C6H6.4C3H4/c1-44-39(46)25-17-35-37(19-27(25)41(44)48)52-33-15-21(11-13-31(33)50-35)43(29-9-5-3-7-23(29)24-8-4-6-10-30(24)43)22-12-14-32-34(16-22)53-38-20-28-26(18-36(38)51-32)40(47)45(2)42(28)49;1-37(2)15-39(23-13-31-29(11-21(23)37)46-25-7-17-19(9-27(25)48-31)35(44)40(5)33(17)42)16-38(3,4)22-12-30-32(14-24(22)39)49-28-10-20-18(8-26(28)47-30)34(43)41(6)36(20)45;4*1-2-4-6-5-3-1;4*1-3-2/h3-10,21-22,25-28,31-38H,11-20H2,1-2H3;17-32H,7-16H2,1-6H3;4*1-6H;4*1H,2H3. The molecule has 0 aromatic heterocycles. The van der Waals surface area contributed by atoms with Crippen molar-refractivity contribution in [2.24, 2.45) is 99.1 Å². The Kier molecular flexibility index (Phi) is 31.5. The minimum absolute atomic E-state index is 0.0169. The first kappa shape index (κ1) is 101. The molecule has 6 aromatic carbocycles. The van der Waals surface area contributed by atoms with Crippen LogP contribution in [0.4, 0.5) is 0 Å². The van der Waals surface area contributed by atoms with E-state index in [2.05, 4.69) is 126 Å². The van der Waals surface area contributed by atoms with Crippen LogP contribution in [0.25, 0.3) is 11.1 Å². The number of hydrogen-bond donors (Lipinski definition) is 0. The van der Waals surface area contributed by atoms with Gasteiger partial charge in [0.25, 0.3) is 0 Å². The van der Waals surface area contributed by atoms with Crippen molar-refractivity contribution >= 4 is 47.3 Å². The number of rotatable bonds is 2.